The number of hydrogen-bond donors (Lipinski definition) is 2. The van der Waals surface area contributed by atoms with Crippen LogP contribution in [0.25, 0.3) is 17.0 Å². The second-order valence-electron chi connectivity index (χ2n) is 5.84. The number of halogens is 2. The Kier molecular flexibility index (Phi) is 4.36. The lowest BCUT2D eigenvalue weighted by molar-refractivity contribution is -0.114. The van der Waals surface area contributed by atoms with Crippen molar-refractivity contribution in [1.29, 1.82) is 0 Å². The fraction of sp³-hybridized carbons (Fsp3) is 0.0556. The van der Waals surface area contributed by atoms with E-state index in [4.69, 9.17) is 0 Å². The van der Waals surface area contributed by atoms with Crippen molar-refractivity contribution < 1.29 is 13.6 Å². The topological polar surface area (TPSA) is 97.1 Å². The minimum atomic E-state index is -0.626. The molecule has 0 radical (unpaired) electrons. The van der Waals surface area contributed by atoms with Gasteiger partial charge in [-0.2, -0.15) is 0 Å². The molecule has 4 rings (SSSR count). The summed E-state index contributed by atoms with van der Waals surface area (Å²) in [6.07, 6.45) is 3.75. The average molecular weight is 381 g/mol. The lowest BCUT2D eigenvalue weighted by atomic mass is 10.3. The summed E-state index contributed by atoms with van der Waals surface area (Å²) in [5.41, 5.74) is 1.01. The Labute approximate surface area is 157 Å². The molecule has 0 spiro atoms. The molecule has 4 aromatic heterocycles. The summed E-state index contributed by atoms with van der Waals surface area (Å²) in [5.74, 6) is -0.710. The summed E-state index contributed by atoms with van der Waals surface area (Å²) < 4.78 is 28.9. The van der Waals surface area contributed by atoms with Gasteiger partial charge in [-0.1, -0.05) is 0 Å². The zero-order valence-corrected chi connectivity index (χ0v) is 14.5. The molecule has 0 bridgehead atoms. The summed E-state index contributed by atoms with van der Waals surface area (Å²) >= 11 is 0. The van der Waals surface area contributed by atoms with Gasteiger partial charge in [0.15, 0.2) is 11.6 Å². The number of aromatic nitrogens is 5. The van der Waals surface area contributed by atoms with Crippen molar-refractivity contribution in [2.45, 2.75) is 6.92 Å². The van der Waals surface area contributed by atoms with Gasteiger partial charge in [-0.05, 0) is 24.3 Å². The van der Waals surface area contributed by atoms with Crippen molar-refractivity contribution in [1.82, 2.24) is 24.6 Å². The van der Waals surface area contributed by atoms with Crippen LogP contribution in [0.15, 0.2) is 48.9 Å². The molecule has 0 aromatic carbocycles. The largest absolute Gasteiger partial charge is 0.336 e. The van der Waals surface area contributed by atoms with Gasteiger partial charge in [0.2, 0.25) is 11.7 Å². The highest BCUT2D eigenvalue weighted by Gasteiger charge is 2.13. The lowest BCUT2D eigenvalue weighted by Crippen LogP contribution is -2.09. The summed E-state index contributed by atoms with van der Waals surface area (Å²) in [6, 6.07) is 7.56. The number of rotatable bonds is 4. The van der Waals surface area contributed by atoms with Crippen LogP contribution in [-0.2, 0) is 4.79 Å². The monoisotopic (exact) mass is 381 g/mol. The average Bonchev–Trinajstić information content (AvgIpc) is 3.13. The highest BCUT2D eigenvalue weighted by Crippen LogP contribution is 2.25. The van der Waals surface area contributed by atoms with E-state index in [2.05, 4.69) is 30.7 Å². The van der Waals surface area contributed by atoms with E-state index in [0.29, 0.717) is 17.0 Å². The normalized spacial score (nSPS) is 10.8. The summed E-state index contributed by atoms with van der Waals surface area (Å²) in [6.45, 7) is 1.33. The highest BCUT2D eigenvalue weighted by molar-refractivity contribution is 5.88. The molecule has 0 saturated heterocycles. The molecule has 140 valence electrons. The maximum atomic E-state index is 14.2. The first-order valence-corrected chi connectivity index (χ1v) is 8.17. The first kappa shape index (κ1) is 17.5. The van der Waals surface area contributed by atoms with Crippen LogP contribution in [0.5, 0.6) is 0 Å². The van der Waals surface area contributed by atoms with Crippen LogP contribution in [0.3, 0.4) is 0 Å². The van der Waals surface area contributed by atoms with Crippen LogP contribution in [0.1, 0.15) is 6.92 Å². The summed E-state index contributed by atoms with van der Waals surface area (Å²) in [7, 11) is 0. The highest BCUT2D eigenvalue weighted by atomic mass is 19.1. The van der Waals surface area contributed by atoms with Gasteiger partial charge in [0.25, 0.3) is 0 Å². The standard InChI is InChI=1S/C18H13F2N7O/c1-10(28)23-16-7-14(12(20)9-22-16)24-18-15-3-2-6-27(15)26-17(25-18)13-5-4-11(19)8-21-13/h2-9H,1H3,(H2,22,23,24,25,26,28). The summed E-state index contributed by atoms with van der Waals surface area (Å²) in [4.78, 5) is 23.4. The van der Waals surface area contributed by atoms with E-state index in [-0.39, 0.29) is 23.2 Å². The molecule has 4 aromatic rings. The Morgan fingerprint density at radius 1 is 1.14 bits per heavy atom. The van der Waals surface area contributed by atoms with Gasteiger partial charge < -0.3 is 10.6 Å². The van der Waals surface area contributed by atoms with Crippen LogP contribution in [0.2, 0.25) is 0 Å². The minimum Gasteiger partial charge on any atom is -0.336 e. The Morgan fingerprint density at radius 3 is 2.75 bits per heavy atom. The molecule has 10 heteroatoms. The maximum Gasteiger partial charge on any atom is 0.222 e. The SMILES string of the molecule is CC(=O)Nc1cc(Nc2nc(-c3ccc(F)cn3)nn3cccc23)c(F)cn1. The fourth-order valence-electron chi connectivity index (χ4n) is 2.55. The van der Waals surface area contributed by atoms with Gasteiger partial charge in [0, 0.05) is 19.2 Å². The van der Waals surface area contributed by atoms with E-state index < -0.39 is 11.6 Å². The van der Waals surface area contributed by atoms with Crippen molar-refractivity contribution in [3.05, 3.63) is 60.6 Å². The van der Waals surface area contributed by atoms with E-state index in [1.165, 1.54) is 25.1 Å². The van der Waals surface area contributed by atoms with Crippen LogP contribution in [0.4, 0.5) is 26.1 Å². The minimum absolute atomic E-state index is 0.0681. The van der Waals surface area contributed by atoms with Crippen LogP contribution < -0.4 is 10.6 Å². The zero-order valence-electron chi connectivity index (χ0n) is 14.5. The third-order valence-corrected chi connectivity index (χ3v) is 3.76. The molecule has 28 heavy (non-hydrogen) atoms. The number of amides is 1. The second kappa shape index (κ2) is 6.99. The number of nitrogens with zero attached hydrogens (tertiary/aromatic N) is 5. The third-order valence-electron chi connectivity index (χ3n) is 3.76. The first-order chi connectivity index (χ1) is 13.5. The number of carbonyl (C=O) groups excluding carboxylic acids is 1. The predicted molar refractivity (Wildman–Crippen MR) is 98.0 cm³/mol. The van der Waals surface area contributed by atoms with Crippen LogP contribution in [0, 0.1) is 11.6 Å². The third kappa shape index (κ3) is 3.47. The quantitative estimate of drug-likeness (QED) is 0.564. The number of nitrogens with one attached hydrogen (secondary N) is 2. The zero-order chi connectivity index (χ0) is 19.7. The predicted octanol–water partition coefficient (Wildman–Crippen LogP) is 3.17. The Hall–Kier alpha value is -3.95. The van der Waals surface area contributed by atoms with Crippen molar-refractivity contribution >= 4 is 28.7 Å². The molecule has 0 atom stereocenters. The number of hydrogen-bond acceptors (Lipinski definition) is 6. The number of anilines is 3. The molecule has 4 heterocycles. The van der Waals surface area contributed by atoms with E-state index >= 15 is 0 Å². The molecule has 0 fully saturated rings. The smallest absolute Gasteiger partial charge is 0.222 e. The molecule has 0 saturated carbocycles. The van der Waals surface area contributed by atoms with Gasteiger partial charge in [0.05, 0.1) is 18.1 Å². The lowest BCUT2D eigenvalue weighted by Gasteiger charge is -2.11. The van der Waals surface area contributed by atoms with Crippen LogP contribution >= 0.6 is 0 Å². The van der Waals surface area contributed by atoms with Gasteiger partial charge in [-0.3, -0.25) is 4.79 Å². The van der Waals surface area contributed by atoms with E-state index in [1.54, 1.807) is 22.8 Å². The van der Waals surface area contributed by atoms with Crippen molar-refractivity contribution in [2.75, 3.05) is 10.6 Å². The molecular formula is C18H13F2N7O. The molecule has 8 nitrogen and oxygen atoms in total. The molecule has 2 N–H and O–H groups in total. The van der Waals surface area contributed by atoms with Crippen molar-refractivity contribution in [2.24, 2.45) is 0 Å². The van der Waals surface area contributed by atoms with Gasteiger partial charge in [-0.15, -0.1) is 5.10 Å². The van der Waals surface area contributed by atoms with Crippen molar-refractivity contribution in [3.8, 4) is 11.5 Å². The maximum absolute atomic E-state index is 14.2. The second-order valence-corrected chi connectivity index (χ2v) is 5.84. The van der Waals surface area contributed by atoms with E-state index in [0.717, 1.165) is 12.4 Å². The fourth-order valence-corrected chi connectivity index (χ4v) is 2.55. The van der Waals surface area contributed by atoms with Crippen molar-refractivity contribution in [3.63, 3.8) is 0 Å². The van der Waals surface area contributed by atoms with Gasteiger partial charge >= 0.3 is 0 Å². The molecule has 1 amide bonds. The van der Waals surface area contributed by atoms with Gasteiger partial charge in [0.1, 0.15) is 22.8 Å². The molecule has 0 aliphatic rings. The van der Waals surface area contributed by atoms with Gasteiger partial charge in [-0.25, -0.2) is 28.2 Å². The molecular weight excluding hydrogens is 368 g/mol. The number of pyridine rings is 2. The number of fused-ring (bicyclic) bond motifs is 1. The molecule has 0 aliphatic carbocycles. The summed E-state index contributed by atoms with van der Waals surface area (Å²) in [5, 5.41) is 9.72. The first-order valence-electron chi connectivity index (χ1n) is 8.17. The molecule has 0 aliphatic heterocycles. The Bertz CT molecular complexity index is 1170. The van der Waals surface area contributed by atoms with Crippen LogP contribution in [-0.4, -0.2) is 30.5 Å². The van der Waals surface area contributed by atoms with E-state index in [1.807, 2.05) is 0 Å². The molecule has 0 unspecified atom stereocenters. The Morgan fingerprint density at radius 2 is 2.00 bits per heavy atom. The number of carbonyl (C=O) groups is 1. The Balaban J connectivity index is 1.77. The van der Waals surface area contributed by atoms with E-state index in [9.17, 15) is 13.6 Å².